The smallest absolute Gasteiger partial charge is 0.273 e. The topological polar surface area (TPSA) is 59.2 Å². The molecule has 0 aliphatic carbocycles. The molecule has 23 heavy (non-hydrogen) atoms. The lowest BCUT2D eigenvalue weighted by atomic mass is 9.92. The number of hydrogen-bond donors (Lipinski definition) is 1. The molecule has 1 aliphatic heterocycles. The number of piperidine rings is 1. The molecule has 0 saturated carbocycles. The number of benzene rings is 1. The Morgan fingerprint density at radius 1 is 1.48 bits per heavy atom. The Morgan fingerprint density at radius 3 is 3.00 bits per heavy atom. The summed E-state index contributed by atoms with van der Waals surface area (Å²) in [7, 11) is 0. The van der Waals surface area contributed by atoms with Crippen molar-refractivity contribution in [1.82, 2.24) is 9.88 Å². The number of rotatable bonds is 3. The summed E-state index contributed by atoms with van der Waals surface area (Å²) in [6, 6.07) is 6.56. The molecular weight excluding hydrogens is 313 g/mol. The largest absolute Gasteiger partial charge is 0.337 e. The van der Waals surface area contributed by atoms with Crippen LogP contribution in [0, 0.1) is 11.7 Å². The van der Waals surface area contributed by atoms with Crippen LogP contribution in [-0.2, 0) is 0 Å². The zero-order chi connectivity index (χ0) is 16.4. The van der Waals surface area contributed by atoms with Gasteiger partial charge in [0, 0.05) is 30.1 Å². The molecule has 2 N–H and O–H groups in total. The van der Waals surface area contributed by atoms with E-state index < -0.39 is 0 Å². The molecule has 0 bridgehead atoms. The predicted octanol–water partition coefficient (Wildman–Crippen LogP) is 3.15. The van der Waals surface area contributed by atoms with E-state index in [1.54, 1.807) is 23.6 Å². The first-order valence-corrected chi connectivity index (χ1v) is 8.69. The maximum Gasteiger partial charge on any atom is 0.273 e. The van der Waals surface area contributed by atoms with E-state index in [4.69, 9.17) is 5.73 Å². The molecule has 3 rings (SSSR count). The Kier molecular flexibility index (Phi) is 4.73. The molecule has 122 valence electrons. The molecule has 0 unspecified atom stereocenters. The third kappa shape index (κ3) is 3.43. The van der Waals surface area contributed by atoms with Crippen LogP contribution in [0.1, 0.15) is 30.3 Å². The summed E-state index contributed by atoms with van der Waals surface area (Å²) in [5, 5.41) is 2.24. The molecule has 6 heteroatoms. The minimum atomic E-state index is -0.323. The first-order valence-electron chi connectivity index (χ1n) is 7.81. The molecule has 1 aromatic carbocycles. The van der Waals surface area contributed by atoms with Crippen LogP contribution in [0.5, 0.6) is 0 Å². The number of nitrogens with zero attached hydrogens (tertiary/aromatic N) is 2. The lowest BCUT2D eigenvalue weighted by Gasteiger charge is -2.34. The molecule has 0 radical (unpaired) electrons. The Hall–Kier alpha value is -1.79. The highest BCUT2D eigenvalue weighted by Crippen LogP contribution is 2.27. The van der Waals surface area contributed by atoms with Gasteiger partial charge in [0.05, 0.1) is 0 Å². The number of hydrogen-bond acceptors (Lipinski definition) is 4. The molecule has 1 fully saturated rings. The van der Waals surface area contributed by atoms with Crippen molar-refractivity contribution in [2.45, 2.75) is 25.8 Å². The lowest BCUT2D eigenvalue weighted by molar-refractivity contribution is 0.0656. The van der Waals surface area contributed by atoms with E-state index in [9.17, 15) is 9.18 Å². The molecule has 0 spiro atoms. The van der Waals surface area contributed by atoms with E-state index in [1.807, 2.05) is 11.8 Å². The van der Waals surface area contributed by atoms with Crippen molar-refractivity contribution in [3.8, 4) is 10.6 Å². The van der Waals surface area contributed by atoms with Crippen LogP contribution in [0.2, 0.25) is 0 Å². The third-order valence-electron chi connectivity index (χ3n) is 4.32. The van der Waals surface area contributed by atoms with Crippen LogP contribution in [-0.4, -0.2) is 34.9 Å². The second-order valence-corrected chi connectivity index (χ2v) is 6.89. The second kappa shape index (κ2) is 6.76. The monoisotopic (exact) mass is 333 g/mol. The average molecular weight is 333 g/mol. The SMILES string of the molecule is C[C@H](N)[C@H]1CCCN(C(=O)c2csc(-c3ccccc3F)n2)C1. The summed E-state index contributed by atoms with van der Waals surface area (Å²) in [6.07, 6.45) is 2.02. The van der Waals surface area contributed by atoms with Crippen molar-refractivity contribution in [2.75, 3.05) is 13.1 Å². The fraction of sp³-hybridized carbons (Fsp3) is 0.412. The molecule has 2 atom stereocenters. The number of nitrogens with two attached hydrogens (primary N) is 1. The van der Waals surface area contributed by atoms with Gasteiger partial charge in [-0.3, -0.25) is 4.79 Å². The highest BCUT2D eigenvalue weighted by atomic mass is 32.1. The Balaban J connectivity index is 1.78. The molecule has 2 heterocycles. The van der Waals surface area contributed by atoms with Crippen molar-refractivity contribution in [2.24, 2.45) is 11.7 Å². The van der Waals surface area contributed by atoms with Crippen molar-refractivity contribution in [3.05, 3.63) is 41.2 Å². The quantitative estimate of drug-likeness (QED) is 0.939. The first kappa shape index (κ1) is 16.1. The van der Waals surface area contributed by atoms with Crippen molar-refractivity contribution in [3.63, 3.8) is 0 Å². The number of amides is 1. The third-order valence-corrected chi connectivity index (χ3v) is 5.19. The van der Waals surface area contributed by atoms with E-state index >= 15 is 0 Å². The van der Waals surface area contributed by atoms with E-state index in [0.717, 1.165) is 19.4 Å². The van der Waals surface area contributed by atoms with Gasteiger partial charge in [0.2, 0.25) is 0 Å². The number of thiazole rings is 1. The lowest BCUT2D eigenvalue weighted by Crippen LogP contribution is -2.45. The standard InChI is InChI=1S/C17H20FN3OS/c1-11(19)12-5-4-8-21(9-12)17(22)15-10-23-16(20-15)13-6-2-3-7-14(13)18/h2-3,6-7,10-12H,4-5,8-9,19H2,1H3/t11-,12-/m0/s1. The zero-order valence-corrected chi connectivity index (χ0v) is 13.9. The summed E-state index contributed by atoms with van der Waals surface area (Å²) in [4.78, 5) is 18.8. The Bertz CT molecular complexity index is 701. The fourth-order valence-corrected chi connectivity index (χ4v) is 3.74. The highest BCUT2D eigenvalue weighted by Gasteiger charge is 2.27. The summed E-state index contributed by atoms with van der Waals surface area (Å²) < 4.78 is 13.8. The van der Waals surface area contributed by atoms with E-state index in [2.05, 4.69) is 4.98 Å². The van der Waals surface area contributed by atoms with Gasteiger partial charge >= 0.3 is 0 Å². The zero-order valence-electron chi connectivity index (χ0n) is 13.0. The Morgan fingerprint density at radius 2 is 2.26 bits per heavy atom. The first-order chi connectivity index (χ1) is 11.1. The van der Waals surface area contributed by atoms with Crippen molar-refractivity contribution < 1.29 is 9.18 Å². The Labute approximate surface area is 139 Å². The molecule has 1 aromatic heterocycles. The van der Waals surface area contributed by atoms with Gasteiger partial charge < -0.3 is 10.6 Å². The van der Waals surface area contributed by atoms with Crippen LogP contribution in [0.3, 0.4) is 0 Å². The van der Waals surface area contributed by atoms with Crippen LogP contribution in [0.25, 0.3) is 10.6 Å². The molecule has 1 aliphatic rings. The molecule has 2 aromatic rings. The number of carbonyl (C=O) groups is 1. The molecular formula is C17H20FN3OS. The van der Waals surface area contributed by atoms with E-state index in [1.165, 1.54) is 17.4 Å². The maximum atomic E-state index is 13.8. The maximum absolute atomic E-state index is 13.8. The summed E-state index contributed by atoms with van der Waals surface area (Å²) in [6.45, 7) is 3.38. The molecule has 1 saturated heterocycles. The van der Waals surface area contributed by atoms with Crippen molar-refractivity contribution in [1.29, 1.82) is 0 Å². The van der Waals surface area contributed by atoms with Gasteiger partial charge in [-0.2, -0.15) is 0 Å². The summed E-state index contributed by atoms with van der Waals surface area (Å²) in [5.74, 6) is -0.0811. The number of likely N-dealkylation sites (tertiary alicyclic amines) is 1. The van der Waals surface area contributed by atoms with Gasteiger partial charge in [-0.05, 0) is 37.8 Å². The normalized spacial score (nSPS) is 19.6. The average Bonchev–Trinajstić information content (AvgIpc) is 3.04. The van der Waals surface area contributed by atoms with E-state index in [-0.39, 0.29) is 17.8 Å². The molecule has 1 amide bonds. The number of carbonyl (C=O) groups excluding carboxylic acids is 1. The van der Waals surface area contributed by atoms with Gasteiger partial charge in [0.1, 0.15) is 16.5 Å². The number of halogens is 1. The van der Waals surface area contributed by atoms with E-state index in [0.29, 0.717) is 28.7 Å². The highest BCUT2D eigenvalue weighted by molar-refractivity contribution is 7.13. The number of aromatic nitrogens is 1. The van der Waals surface area contributed by atoms with Gasteiger partial charge in [0.25, 0.3) is 5.91 Å². The molecule has 4 nitrogen and oxygen atoms in total. The fourth-order valence-electron chi connectivity index (χ4n) is 2.92. The van der Waals surface area contributed by atoms with Crippen LogP contribution < -0.4 is 5.73 Å². The predicted molar refractivity (Wildman–Crippen MR) is 89.8 cm³/mol. The van der Waals surface area contributed by atoms with Gasteiger partial charge in [-0.15, -0.1) is 11.3 Å². The summed E-state index contributed by atoms with van der Waals surface area (Å²) in [5.41, 5.74) is 6.79. The van der Waals surface area contributed by atoms with Gasteiger partial charge in [-0.1, -0.05) is 12.1 Å². The van der Waals surface area contributed by atoms with Gasteiger partial charge in [0.15, 0.2) is 0 Å². The van der Waals surface area contributed by atoms with Crippen molar-refractivity contribution >= 4 is 17.2 Å². The second-order valence-electron chi connectivity index (χ2n) is 6.03. The van der Waals surface area contributed by atoms with Crippen LogP contribution >= 0.6 is 11.3 Å². The minimum absolute atomic E-state index is 0.0787. The van der Waals surface area contributed by atoms with Crippen LogP contribution in [0.4, 0.5) is 4.39 Å². The summed E-state index contributed by atoms with van der Waals surface area (Å²) >= 11 is 1.29. The van der Waals surface area contributed by atoms with Crippen LogP contribution in [0.15, 0.2) is 29.6 Å². The van der Waals surface area contributed by atoms with Gasteiger partial charge in [-0.25, -0.2) is 9.37 Å². The minimum Gasteiger partial charge on any atom is -0.337 e.